The van der Waals surface area contributed by atoms with Crippen molar-refractivity contribution in [2.24, 2.45) is 12.5 Å². The van der Waals surface area contributed by atoms with Crippen LogP contribution in [0.5, 0.6) is 5.75 Å². The topological polar surface area (TPSA) is 59.4 Å². The molecular weight excluding hydrogens is 347 g/mol. The SMILES string of the molecule is COc1ccc(F)cc1C(=O)N(Cc1nccn1C)C1CC12CCNCC2. The number of hydrogen-bond acceptors (Lipinski definition) is 4. The highest BCUT2D eigenvalue weighted by Crippen LogP contribution is 2.56. The molecule has 1 aliphatic heterocycles. The third-order valence-corrected chi connectivity index (χ3v) is 6.01. The highest BCUT2D eigenvalue weighted by Gasteiger charge is 2.58. The maximum absolute atomic E-state index is 13.9. The number of benzene rings is 1. The van der Waals surface area contributed by atoms with Crippen molar-refractivity contribution in [3.05, 3.63) is 47.8 Å². The summed E-state index contributed by atoms with van der Waals surface area (Å²) in [5, 5.41) is 3.39. The van der Waals surface area contributed by atoms with E-state index in [-0.39, 0.29) is 22.9 Å². The first kappa shape index (κ1) is 18.0. The van der Waals surface area contributed by atoms with Crippen LogP contribution in [0.3, 0.4) is 0 Å². The van der Waals surface area contributed by atoms with Crippen molar-refractivity contribution < 1.29 is 13.9 Å². The van der Waals surface area contributed by atoms with Crippen LogP contribution in [-0.4, -0.2) is 46.6 Å². The van der Waals surface area contributed by atoms with Crippen molar-refractivity contribution in [2.75, 3.05) is 20.2 Å². The van der Waals surface area contributed by atoms with E-state index < -0.39 is 5.82 Å². The number of amides is 1. The highest BCUT2D eigenvalue weighted by molar-refractivity contribution is 5.97. The minimum Gasteiger partial charge on any atom is -0.496 e. The van der Waals surface area contributed by atoms with E-state index in [1.807, 2.05) is 22.7 Å². The molecule has 1 aromatic heterocycles. The molecule has 7 heteroatoms. The van der Waals surface area contributed by atoms with Gasteiger partial charge in [-0.25, -0.2) is 9.37 Å². The van der Waals surface area contributed by atoms with Gasteiger partial charge in [0.15, 0.2) is 0 Å². The van der Waals surface area contributed by atoms with Crippen LogP contribution in [0.4, 0.5) is 4.39 Å². The molecule has 1 aromatic carbocycles. The van der Waals surface area contributed by atoms with Crippen molar-refractivity contribution in [1.29, 1.82) is 0 Å². The van der Waals surface area contributed by atoms with Crippen molar-refractivity contribution in [1.82, 2.24) is 19.8 Å². The number of carbonyl (C=O) groups excluding carboxylic acids is 1. The third-order valence-electron chi connectivity index (χ3n) is 6.01. The maximum Gasteiger partial charge on any atom is 0.258 e. The van der Waals surface area contributed by atoms with Crippen molar-refractivity contribution in [3.8, 4) is 5.75 Å². The van der Waals surface area contributed by atoms with E-state index in [2.05, 4.69) is 10.3 Å². The summed E-state index contributed by atoms with van der Waals surface area (Å²) in [7, 11) is 3.42. The van der Waals surface area contributed by atoms with Crippen LogP contribution in [0.25, 0.3) is 0 Å². The van der Waals surface area contributed by atoms with Gasteiger partial charge in [-0.15, -0.1) is 0 Å². The van der Waals surface area contributed by atoms with Gasteiger partial charge in [0.25, 0.3) is 5.91 Å². The maximum atomic E-state index is 13.9. The molecule has 6 nitrogen and oxygen atoms in total. The zero-order valence-electron chi connectivity index (χ0n) is 15.7. The molecule has 144 valence electrons. The van der Waals surface area contributed by atoms with Gasteiger partial charge in [0.1, 0.15) is 17.4 Å². The molecule has 1 atom stereocenters. The monoisotopic (exact) mass is 372 g/mol. The van der Waals surface area contributed by atoms with E-state index in [0.29, 0.717) is 12.3 Å². The first-order valence-corrected chi connectivity index (χ1v) is 9.35. The van der Waals surface area contributed by atoms with Crippen LogP contribution < -0.4 is 10.1 Å². The summed E-state index contributed by atoms with van der Waals surface area (Å²) in [6.07, 6.45) is 6.70. The molecule has 1 unspecified atom stereocenters. The number of nitrogens with one attached hydrogen (secondary N) is 1. The molecule has 2 aromatic rings. The minimum absolute atomic E-state index is 0.150. The molecule has 1 N–H and O–H groups in total. The highest BCUT2D eigenvalue weighted by atomic mass is 19.1. The van der Waals surface area contributed by atoms with Gasteiger partial charge in [-0.1, -0.05) is 0 Å². The van der Waals surface area contributed by atoms with E-state index in [1.54, 1.807) is 6.20 Å². The van der Waals surface area contributed by atoms with Crippen LogP contribution in [0, 0.1) is 11.2 Å². The first-order valence-electron chi connectivity index (χ1n) is 9.35. The lowest BCUT2D eigenvalue weighted by molar-refractivity contribution is 0.0681. The van der Waals surface area contributed by atoms with Crippen molar-refractivity contribution >= 4 is 5.91 Å². The van der Waals surface area contributed by atoms with Gasteiger partial charge >= 0.3 is 0 Å². The molecule has 0 bridgehead atoms. The number of halogens is 1. The number of nitrogens with zero attached hydrogens (tertiary/aromatic N) is 3. The summed E-state index contributed by atoms with van der Waals surface area (Å²) < 4.78 is 21.1. The number of rotatable bonds is 5. The van der Waals surface area contributed by atoms with Crippen LogP contribution in [-0.2, 0) is 13.6 Å². The molecule has 1 saturated heterocycles. The second-order valence-electron chi connectivity index (χ2n) is 7.56. The fourth-order valence-electron chi connectivity index (χ4n) is 4.26. The van der Waals surface area contributed by atoms with Crippen molar-refractivity contribution in [3.63, 3.8) is 0 Å². The number of carbonyl (C=O) groups is 1. The molecule has 2 aliphatic rings. The van der Waals surface area contributed by atoms with E-state index in [0.717, 1.165) is 38.2 Å². The largest absolute Gasteiger partial charge is 0.496 e. The molecule has 1 amide bonds. The standard InChI is InChI=1S/C20H25FN4O2/c1-24-10-9-23-18(24)13-25(17-12-20(17)5-7-22-8-6-20)19(26)15-11-14(21)3-4-16(15)27-2/h3-4,9-11,17,22H,5-8,12-13H2,1-2H3. The molecule has 1 aliphatic carbocycles. The van der Waals surface area contributed by atoms with Gasteiger partial charge in [-0.3, -0.25) is 4.79 Å². The molecule has 0 radical (unpaired) electrons. The summed E-state index contributed by atoms with van der Waals surface area (Å²) in [4.78, 5) is 19.7. The van der Waals surface area contributed by atoms with Gasteiger partial charge in [0, 0.05) is 25.5 Å². The smallest absolute Gasteiger partial charge is 0.258 e. The Hall–Kier alpha value is -2.41. The van der Waals surface area contributed by atoms with Crippen LogP contribution in [0.2, 0.25) is 0 Å². The Bertz CT molecular complexity index is 844. The average molecular weight is 372 g/mol. The minimum atomic E-state index is -0.441. The Morgan fingerprint density at radius 2 is 2.22 bits per heavy atom. The van der Waals surface area contributed by atoms with Gasteiger partial charge in [0.2, 0.25) is 0 Å². The van der Waals surface area contributed by atoms with Crippen molar-refractivity contribution in [2.45, 2.75) is 31.8 Å². The summed E-state index contributed by atoms with van der Waals surface area (Å²) in [6, 6.07) is 4.24. The van der Waals surface area contributed by atoms with E-state index in [4.69, 9.17) is 4.74 Å². The fraction of sp³-hybridized carbons (Fsp3) is 0.500. The number of aryl methyl sites for hydroxylation is 1. The molecule has 27 heavy (non-hydrogen) atoms. The Kier molecular flexibility index (Phi) is 4.63. The summed E-state index contributed by atoms with van der Waals surface area (Å²) >= 11 is 0. The van der Waals surface area contributed by atoms with Crippen LogP contribution in [0.1, 0.15) is 35.4 Å². The second kappa shape index (κ2) is 6.96. The number of imidazole rings is 1. The quantitative estimate of drug-likeness (QED) is 0.875. The number of piperidine rings is 1. The average Bonchev–Trinajstić information content (AvgIpc) is 3.19. The summed E-state index contributed by atoms with van der Waals surface area (Å²) in [5.74, 6) is 0.569. The molecule has 2 fully saturated rings. The zero-order valence-corrected chi connectivity index (χ0v) is 15.7. The number of ether oxygens (including phenoxy) is 1. The second-order valence-corrected chi connectivity index (χ2v) is 7.56. The number of aromatic nitrogens is 2. The first-order chi connectivity index (χ1) is 13.0. The summed E-state index contributed by atoms with van der Waals surface area (Å²) in [5.41, 5.74) is 0.440. The summed E-state index contributed by atoms with van der Waals surface area (Å²) in [6.45, 7) is 2.36. The van der Waals surface area contributed by atoms with Gasteiger partial charge in [-0.2, -0.15) is 0 Å². The van der Waals surface area contributed by atoms with Gasteiger partial charge in [-0.05, 0) is 56.0 Å². The Morgan fingerprint density at radius 3 is 2.89 bits per heavy atom. The lowest BCUT2D eigenvalue weighted by Crippen LogP contribution is -2.39. The van der Waals surface area contributed by atoms with E-state index in [9.17, 15) is 9.18 Å². The van der Waals surface area contributed by atoms with E-state index in [1.165, 1.54) is 25.3 Å². The lowest BCUT2D eigenvalue weighted by atomic mass is 9.93. The molecule has 1 saturated carbocycles. The third kappa shape index (κ3) is 3.32. The fourth-order valence-corrected chi connectivity index (χ4v) is 4.26. The zero-order chi connectivity index (χ0) is 19.0. The molecule has 1 spiro atoms. The number of hydrogen-bond donors (Lipinski definition) is 1. The Labute approximate surface area is 158 Å². The predicted molar refractivity (Wildman–Crippen MR) is 99.0 cm³/mol. The number of methoxy groups -OCH3 is 1. The molecule has 4 rings (SSSR count). The lowest BCUT2D eigenvalue weighted by Gasteiger charge is -2.30. The van der Waals surface area contributed by atoms with Gasteiger partial charge < -0.3 is 19.5 Å². The molecule has 2 heterocycles. The molecular formula is C20H25FN4O2. The van der Waals surface area contributed by atoms with Gasteiger partial charge in [0.05, 0.1) is 19.2 Å². The normalized spacial score (nSPS) is 20.5. The predicted octanol–water partition coefficient (Wildman–Crippen LogP) is 2.35. The van der Waals surface area contributed by atoms with E-state index >= 15 is 0 Å². The van der Waals surface area contributed by atoms with Crippen LogP contribution >= 0.6 is 0 Å². The Balaban J connectivity index is 1.67. The van der Waals surface area contributed by atoms with Crippen LogP contribution in [0.15, 0.2) is 30.6 Å². The Morgan fingerprint density at radius 1 is 1.44 bits per heavy atom.